The molecule has 3 aromatic rings. The Balaban J connectivity index is 1.62. The number of H-pyrrole nitrogens is 1. The van der Waals surface area contributed by atoms with E-state index in [2.05, 4.69) is 35.9 Å². The summed E-state index contributed by atoms with van der Waals surface area (Å²) in [5.74, 6) is 1.19. The van der Waals surface area contributed by atoms with Crippen molar-refractivity contribution in [2.24, 2.45) is 0 Å². The summed E-state index contributed by atoms with van der Waals surface area (Å²) < 4.78 is 0. The van der Waals surface area contributed by atoms with E-state index in [0.29, 0.717) is 13.0 Å². The maximum Gasteiger partial charge on any atom is 0.227 e. The maximum absolute atomic E-state index is 12.4. The molecule has 2 heterocycles. The maximum atomic E-state index is 12.4. The quantitative estimate of drug-likeness (QED) is 0.785. The molecule has 0 spiro atoms. The van der Waals surface area contributed by atoms with E-state index in [1.54, 1.807) is 0 Å². The Morgan fingerprint density at radius 1 is 1.09 bits per heavy atom. The number of carbonyl (C=O) groups is 1. The third kappa shape index (κ3) is 2.50. The van der Waals surface area contributed by atoms with Crippen LogP contribution in [0.3, 0.4) is 0 Å². The van der Waals surface area contributed by atoms with Gasteiger partial charge in [-0.1, -0.05) is 23.8 Å². The highest BCUT2D eigenvalue weighted by molar-refractivity contribution is 5.96. The van der Waals surface area contributed by atoms with Crippen LogP contribution in [-0.4, -0.2) is 22.4 Å². The van der Waals surface area contributed by atoms with Crippen molar-refractivity contribution in [3.63, 3.8) is 0 Å². The summed E-state index contributed by atoms with van der Waals surface area (Å²) in [6.45, 7) is 4.80. The molecule has 1 saturated heterocycles. The van der Waals surface area contributed by atoms with E-state index < -0.39 is 0 Å². The number of imidazole rings is 1. The molecule has 0 unspecified atom stereocenters. The second kappa shape index (κ2) is 5.23. The van der Waals surface area contributed by atoms with E-state index in [1.807, 2.05) is 35.2 Å². The van der Waals surface area contributed by atoms with Crippen molar-refractivity contribution in [1.29, 1.82) is 0 Å². The van der Waals surface area contributed by atoms with Gasteiger partial charge in [-0.25, -0.2) is 4.98 Å². The fourth-order valence-electron chi connectivity index (χ4n) is 3.20. The summed E-state index contributed by atoms with van der Waals surface area (Å²) in [4.78, 5) is 22.3. The first-order valence-corrected chi connectivity index (χ1v) is 7.93. The van der Waals surface area contributed by atoms with E-state index in [-0.39, 0.29) is 11.8 Å². The second-order valence-corrected chi connectivity index (χ2v) is 6.38. The highest BCUT2D eigenvalue weighted by Gasteiger charge is 2.33. The monoisotopic (exact) mass is 305 g/mol. The van der Waals surface area contributed by atoms with Crippen LogP contribution in [0.2, 0.25) is 0 Å². The summed E-state index contributed by atoms with van der Waals surface area (Å²) in [7, 11) is 0. The summed E-state index contributed by atoms with van der Waals surface area (Å²) in [5, 5.41) is 0. The minimum atomic E-state index is 0.122. The lowest BCUT2D eigenvalue weighted by atomic mass is 10.1. The fourth-order valence-corrected chi connectivity index (χ4v) is 3.20. The predicted octanol–water partition coefficient (Wildman–Crippen LogP) is 3.70. The largest absolute Gasteiger partial charge is 0.342 e. The van der Waals surface area contributed by atoms with E-state index in [4.69, 9.17) is 0 Å². The van der Waals surface area contributed by atoms with E-state index in [1.165, 1.54) is 11.1 Å². The van der Waals surface area contributed by atoms with Crippen molar-refractivity contribution in [2.75, 3.05) is 11.4 Å². The zero-order valence-electron chi connectivity index (χ0n) is 13.3. The van der Waals surface area contributed by atoms with Crippen molar-refractivity contribution in [1.82, 2.24) is 9.97 Å². The van der Waals surface area contributed by atoms with Crippen molar-refractivity contribution < 1.29 is 4.79 Å². The molecule has 1 N–H and O–H groups in total. The number of fused-ring (bicyclic) bond motifs is 1. The molecular weight excluding hydrogens is 286 g/mol. The summed E-state index contributed by atoms with van der Waals surface area (Å²) in [6.07, 6.45) is 0.507. The zero-order valence-corrected chi connectivity index (χ0v) is 13.3. The van der Waals surface area contributed by atoms with Gasteiger partial charge in [0.15, 0.2) is 0 Å². The smallest absolute Gasteiger partial charge is 0.227 e. The zero-order chi connectivity index (χ0) is 16.0. The van der Waals surface area contributed by atoms with Crippen LogP contribution < -0.4 is 4.90 Å². The molecule has 1 atom stereocenters. The number of aryl methyl sites for hydroxylation is 2. The van der Waals surface area contributed by atoms with Crippen LogP contribution in [0.25, 0.3) is 11.0 Å². The molecule has 1 fully saturated rings. The van der Waals surface area contributed by atoms with Gasteiger partial charge in [0.2, 0.25) is 5.91 Å². The number of aromatic nitrogens is 2. The number of carbonyl (C=O) groups excluding carboxylic acids is 1. The van der Waals surface area contributed by atoms with Gasteiger partial charge in [0, 0.05) is 24.6 Å². The molecular formula is C19H19N3O. The standard InChI is InChI=1S/C19H19N3O/c1-12-3-6-15(7-4-12)22-11-14(10-18(22)23)19-20-16-8-5-13(2)9-17(16)21-19/h3-9,14H,10-11H2,1-2H3,(H,20,21)/t14-/m1/s1. The second-order valence-electron chi connectivity index (χ2n) is 6.38. The normalized spacial score (nSPS) is 18.1. The number of nitrogens with zero attached hydrogens (tertiary/aromatic N) is 2. The molecule has 4 heteroatoms. The van der Waals surface area contributed by atoms with Crippen LogP contribution in [0.4, 0.5) is 5.69 Å². The molecule has 1 aliphatic heterocycles. The molecule has 4 rings (SSSR count). The minimum absolute atomic E-state index is 0.122. The number of hydrogen-bond donors (Lipinski definition) is 1. The van der Waals surface area contributed by atoms with Crippen molar-refractivity contribution in [3.05, 3.63) is 59.4 Å². The van der Waals surface area contributed by atoms with Crippen LogP contribution in [0, 0.1) is 13.8 Å². The Bertz CT molecular complexity index is 879. The first kappa shape index (κ1) is 14.0. The highest BCUT2D eigenvalue weighted by Crippen LogP contribution is 2.31. The molecule has 0 saturated carbocycles. The summed E-state index contributed by atoms with van der Waals surface area (Å²) in [6, 6.07) is 14.3. The Kier molecular flexibility index (Phi) is 3.18. The average Bonchev–Trinajstić information content (AvgIpc) is 3.11. The van der Waals surface area contributed by atoms with Crippen LogP contribution in [0.15, 0.2) is 42.5 Å². The molecule has 116 valence electrons. The van der Waals surface area contributed by atoms with E-state index >= 15 is 0 Å². The average molecular weight is 305 g/mol. The van der Waals surface area contributed by atoms with E-state index in [0.717, 1.165) is 22.5 Å². The van der Waals surface area contributed by atoms with Gasteiger partial charge in [0.25, 0.3) is 0 Å². The SMILES string of the molecule is Cc1ccc(N2C[C@H](c3nc4ccc(C)cc4[nH]3)CC2=O)cc1. The van der Waals surface area contributed by atoms with Gasteiger partial charge >= 0.3 is 0 Å². The van der Waals surface area contributed by atoms with Crippen molar-refractivity contribution >= 4 is 22.6 Å². The van der Waals surface area contributed by atoms with Gasteiger partial charge in [-0.05, 0) is 43.7 Å². The molecule has 0 radical (unpaired) electrons. The first-order chi connectivity index (χ1) is 11.1. The van der Waals surface area contributed by atoms with Crippen molar-refractivity contribution in [2.45, 2.75) is 26.2 Å². The molecule has 0 bridgehead atoms. The Hall–Kier alpha value is -2.62. The first-order valence-electron chi connectivity index (χ1n) is 7.93. The number of rotatable bonds is 2. The third-order valence-electron chi connectivity index (χ3n) is 4.51. The lowest BCUT2D eigenvalue weighted by Gasteiger charge is -2.16. The van der Waals surface area contributed by atoms with Crippen LogP contribution in [0.5, 0.6) is 0 Å². The lowest BCUT2D eigenvalue weighted by molar-refractivity contribution is -0.117. The summed E-state index contributed by atoms with van der Waals surface area (Å²) >= 11 is 0. The topological polar surface area (TPSA) is 49.0 Å². The number of anilines is 1. The van der Waals surface area contributed by atoms with E-state index in [9.17, 15) is 4.79 Å². The van der Waals surface area contributed by atoms with Crippen LogP contribution in [-0.2, 0) is 4.79 Å². The van der Waals surface area contributed by atoms with Gasteiger partial charge in [-0.3, -0.25) is 4.79 Å². The highest BCUT2D eigenvalue weighted by atomic mass is 16.2. The molecule has 1 aliphatic rings. The predicted molar refractivity (Wildman–Crippen MR) is 91.7 cm³/mol. The van der Waals surface area contributed by atoms with Gasteiger partial charge in [0.1, 0.15) is 5.82 Å². The Morgan fingerprint density at radius 2 is 1.83 bits per heavy atom. The van der Waals surface area contributed by atoms with Gasteiger partial charge < -0.3 is 9.88 Å². The van der Waals surface area contributed by atoms with Gasteiger partial charge in [0.05, 0.1) is 11.0 Å². The van der Waals surface area contributed by atoms with Gasteiger partial charge in [-0.2, -0.15) is 0 Å². The number of benzene rings is 2. The molecule has 23 heavy (non-hydrogen) atoms. The Labute approximate surface area is 135 Å². The van der Waals surface area contributed by atoms with Crippen LogP contribution in [0.1, 0.15) is 29.3 Å². The molecule has 1 aromatic heterocycles. The number of amides is 1. The van der Waals surface area contributed by atoms with Crippen LogP contribution >= 0.6 is 0 Å². The number of aromatic amines is 1. The molecule has 2 aromatic carbocycles. The summed E-state index contributed by atoms with van der Waals surface area (Å²) in [5.41, 5.74) is 5.38. The lowest BCUT2D eigenvalue weighted by Crippen LogP contribution is -2.24. The number of nitrogens with one attached hydrogen (secondary N) is 1. The number of hydrogen-bond acceptors (Lipinski definition) is 2. The Morgan fingerprint density at radius 3 is 2.61 bits per heavy atom. The van der Waals surface area contributed by atoms with Gasteiger partial charge in [-0.15, -0.1) is 0 Å². The minimum Gasteiger partial charge on any atom is -0.342 e. The van der Waals surface area contributed by atoms with Crippen molar-refractivity contribution in [3.8, 4) is 0 Å². The molecule has 0 aliphatic carbocycles. The fraction of sp³-hybridized carbons (Fsp3) is 0.263. The molecule has 1 amide bonds. The molecule has 4 nitrogen and oxygen atoms in total. The third-order valence-corrected chi connectivity index (χ3v) is 4.51.